The van der Waals surface area contributed by atoms with Crippen molar-refractivity contribution in [2.75, 3.05) is 20.3 Å². The molecule has 1 fully saturated rings. The number of hydrogen-bond acceptors (Lipinski definition) is 6. The summed E-state index contributed by atoms with van der Waals surface area (Å²) in [7, 11) is 1.64. The van der Waals surface area contributed by atoms with Crippen LogP contribution in [-0.2, 0) is 33.9 Å². The van der Waals surface area contributed by atoms with Gasteiger partial charge < -0.3 is 24.1 Å². The summed E-state index contributed by atoms with van der Waals surface area (Å²) < 4.78 is 23.5. The number of methoxy groups -OCH3 is 1. The molecule has 6 nitrogen and oxygen atoms in total. The van der Waals surface area contributed by atoms with Crippen LogP contribution in [-0.4, -0.2) is 54.9 Å². The zero-order valence-corrected chi connectivity index (χ0v) is 20.5. The molecule has 0 aromatic heterocycles. The van der Waals surface area contributed by atoms with E-state index in [4.69, 9.17) is 18.9 Å². The maximum Gasteiger partial charge on any atom is 0.186 e. The fourth-order valence-corrected chi connectivity index (χ4v) is 4.44. The van der Waals surface area contributed by atoms with Crippen molar-refractivity contribution in [2.45, 2.75) is 51.2 Å². The molecule has 0 amide bonds. The Hall–Kier alpha value is -2.74. The van der Waals surface area contributed by atoms with Crippen molar-refractivity contribution < 1.29 is 24.1 Å². The van der Waals surface area contributed by atoms with Gasteiger partial charge in [-0.3, -0.25) is 4.90 Å². The van der Waals surface area contributed by atoms with Crippen molar-refractivity contribution in [1.29, 1.82) is 0 Å². The highest BCUT2D eigenvalue weighted by Gasteiger charge is 2.45. The van der Waals surface area contributed by atoms with Crippen LogP contribution in [0.15, 0.2) is 84.9 Å². The van der Waals surface area contributed by atoms with E-state index < -0.39 is 18.5 Å². The predicted octanol–water partition coefficient (Wildman–Crippen LogP) is 4.41. The maximum atomic E-state index is 11.0. The summed E-state index contributed by atoms with van der Waals surface area (Å²) in [5.41, 5.74) is 3.41. The molecule has 1 saturated heterocycles. The van der Waals surface area contributed by atoms with Gasteiger partial charge in [0.2, 0.25) is 0 Å². The number of hydrogen-bond donors (Lipinski definition) is 1. The molecule has 1 aliphatic heterocycles. The van der Waals surface area contributed by atoms with E-state index in [2.05, 4.69) is 53.4 Å². The normalized spacial score (nSPS) is 21.9. The van der Waals surface area contributed by atoms with Crippen molar-refractivity contribution in [3.63, 3.8) is 0 Å². The quantitative estimate of drug-likeness (QED) is 0.417. The van der Waals surface area contributed by atoms with E-state index in [-0.39, 0.29) is 6.10 Å². The molecule has 1 N–H and O–H groups in total. The number of nitrogens with zero attached hydrogens (tertiary/aromatic N) is 1. The van der Waals surface area contributed by atoms with Gasteiger partial charge in [0.1, 0.15) is 24.1 Å². The molecule has 4 atom stereocenters. The highest BCUT2D eigenvalue weighted by Crippen LogP contribution is 2.28. The molecule has 1 unspecified atom stereocenters. The summed E-state index contributed by atoms with van der Waals surface area (Å²) in [6.07, 6.45) is -2.46. The van der Waals surface area contributed by atoms with Crippen LogP contribution in [0.2, 0.25) is 0 Å². The molecule has 0 saturated carbocycles. The average molecular weight is 478 g/mol. The van der Waals surface area contributed by atoms with E-state index >= 15 is 0 Å². The third-order valence-corrected chi connectivity index (χ3v) is 6.13. The van der Waals surface area contributed by atoms with Gasteiger partial charge in [-0.15, -0.1) is 0 Å². The Bertz CT molecular complexity index is 974. The van der Waals surface area contributed by atoms with Crippen molar-refractivity contribution in [3.05, 3.63) is 102 Å². The van der Waals surface area contributed by atoms with Gasteiger partial charge in [0.05, 0.1) is 13.7 Å². The van der Waals surface area contributed by atoms with Gasteiger partial charge in [-0.25, -0.2) is 0 Å². The fourth-order valence-electron chi connectivity index (χ4n) is 4.44. The topological polar surface area (TPSA) is 60.4 Å². The number of rotatable bonds is 12. The van der Waals surface area contributed by atoms with Crippen molar-refractivity contribution in [2.24, 2.45) is 0 Å². The van der Waals surface area contributed by atoms with Gasteiger partial charge in [0.25, 0.3) is 0 Å². The fraction of sp³-hybridized carbons (Fsp3) is 0.379. The Morgan fingerprint density at radius 1 is 0.829 bits per heavy atom. The molecule has 4 rings (SSSR count). The van der Waals surface area contributed by atoms with Crippen LogP contribution in [0.4, 0.5) is 0 Å². The highest BCUT2D eigenvalue weighted by atomic mass is 16.7. The molecule has 3 aromatic carbocycles. The van der Waals surface area contributed by atoms with E-state index in [0.717, 1.165) is 24.4 Å². The smallest absolute Gasteiger partial charge is 0.186 e. The lowest BCUT2D eigenvalue weighted by molar-refractivity contribution is -0.164. The maximum absolute atomic E-state index is 11.0. The second kappa shape index (κ2) is 12.8. The Labute approximate surface area is 208 Å². The third-order valence-electron chi connectivity index (χ3n) is 6.13. The second-order valence-electron chi connectivity index (χ2n) is 8.76. The molecule has 0 radical (unpaired) electrons. The van der Waals surface area contributed by atoms with Crippen molar-refractivity contribution in [3.8, 4) is 5.75 Å². The molecule has 0 aliphatic carbocycles. The van der Waals surface area contributed by atoms with E-state index in [9.17, 15) is 5.11 Å². The zero-order valence-electron chi connectivity index (χ0n) is 20.5. The van der Waals surface area contributed by atoms with Crippen LogP contribution in [0.1, 0.15) is 23.6 Å². The highest BCUT2D eigenvalue weighted by molar-refractivity contribution is 5.28. The lowest BCUT2D eigenvalue weighted by Crippen LogP contribution is -2.41. The van der Waals surface area contributed by atoms with E-state index in [1.54, 1.807) is 7.11 Å². The minimum atomic E-state index is -0.874. The van der Waals surface area contributed by atoms with Gasteiger partial charge in [-0.1, -0.05) is 72.8 Å². The van der Waals surface area contributed by atoms with E-state index in [1.165, 1.54) is 11.1 Å². The predicted molar refractivity (Wildman–Crippen MR) is 135 cm³/mol. The largest absolute Gasteiger partial charge is 0.497 e. The van der Waals surface area contributed by atoms with Crippen LogP contribution >= 0.6 is 0 Å². The SMILES string of the molecule is CCOC1O[C@H](CN(Cc2ccccc2)Cc2ccccc2)[C@H](OCc2cccc(OC)c2)[C@H]1O. The lowest BCUT2D eigenvalue weighted by atomic mass is 10.1. The minimum absolute atomic E-state index is 0.342. The summed E-state index contributed by atoms with van der Waals surface area (Å²) in [6, 6.07) is 28.5. The molecule has 186 valence electrons. The average Bonchev–Trinajstić information content (AvgIpc) is 3.17. The third kappa shape index (κ3) is 7.13. The molecule has 35 heavy (non-hydrogen) atoms. The first-order valence-electron chi connectivity index (χ1n) is 12.2. The second-order valence-corrected chi connectivity index (χ2v) is 8.76. The number of ether oxygens (including phenoxy) is 4. The number of benzene rings is 3. The lowest BCUT2D eigenvalue weighted by Gasteiger charge is -2.28. The first kappa shape index (κ1) is 25.4. The van der Waals surface area contributed by atoms with Crippen LogP contribution in [0.3, 0.4) is 0 Å². The Balaban J connectivity index is 1.50. The summed E-state index contributed by atoms with van der Waals surface area (Å²) in [5, 5.41) is 11.0. The first-order chi connectivity index (χ1) is 17.2. The van der Waals surface area contributed by atoms with Crippen LogP contribution in [0.5, 0.6) is 5.75 Å². The van der Waals surface area contributed by atoms with Crippen LogP contribution in [0.25, 0.3) is 0 Å². The van der Waals surface area contributed by atoms with Crippen LogP contribution in [0, 0.1) is 0 Å². The summed E-state index contributed by atoms with van der Waals surface area (Å²) >= 11 is 0. The minimum Gasteiger partial charge on any atom is -0.497 e. The zero-order chi connectivity index (χ0) is 24.5. The monoisotopic (exact) mass is 477 g/mol. The Morgan fingerprint density at radius 2 is 1.46 bits per heavy atom. The van der Waals surface area contributed by atoms with Gasteiger partial charge in [-0.05, 0) is 35.7 Å². The number of aliphatic hydroxyl groups is 1. The molecular formula is C29H35NO5. The molecule has 1 heterocycles. The van der Waals surface area contributed by atoms with Crippen molar-refractivity contribution >= 4 is 0 Å². The molecule has 3 aromatic rings. The van der Waals surface area contributed by atoms with Gasteiger partial charge >= 0.3 is 0 Å². The van der Waals surface area contributed by atoms with Gasteiger partial charge in [-0.2, -0.15) is 0 Å². The van der Waals surface area contributed by atoms with Crippen LogP contribution < -0.4 is 4.74 Å². The first-order valence-corrected chi connectivity index (χ1v) is 12.2. The summed E-state index contributed by atoms with van der Waals surface area (Å²) in [6.45, 7) is 4.80. The van der Waals surface area contributed by atoms with Gasteiger partial charge in [0, 0.05) is 26.2 Å². The van der Waals surface area contributed by atoms with E-state index in [0.29, 0.717) is 19.8 Å². The molecule has 1 aliphatic rings. The van der Waals surface area contributed by atoms with E-state index in [1.807, 2.05) is 43.3 Å². The van der Waals surface area contributed by atoms with Crippen molar-refractivity contribution in [1.82, 2.24) is 4.90 Å². The van der Waals surface area contributed by atoms with Gasteiger partial charge in [0.15, 0.2) is 6.29 Å². The molecule has 0 spiro atoms. The Kier molecular flexibility index (Phi) is 9.28. The number of aliphatic hydroxyl groups excluding tert-OH is 1. The Morgan fingerprint density at radius 3 is 2.06 bits per heavy atom. The summed E-state index contributed by atoms with van der Waals surface area (Å²) in [5.74, 6) is 0.773. The molecule has 0 bridgehead atoms. The standard InChI is InChI=1S/C29H35NO5/c1-3-33-29-27(31)28(34-21-24-15-10-16-25(17-24)32-2)26(35-29)20-30(18-22-11-6-4-7-12-22)19-23-13-8-5-9-14-23/h4-17,26-29,31H,3,18-21H2,1-2H3/t26-,27-,28+,29?/m1/s1. The summed E-state index contributed by atoms with van der Waals surface area (Å²) in [4.78, 5) is 2.33. The molecule has 6 heteroatoms. The molecular weight excluding hydrogens is 442 g/mol.